The average Bonchev–Trinajstić information content (AvgIpc) is 3.42. The molecule has 0 saturated carbocycles. The highest BCUT2D eigenvalue weighted by Gasteiger charge is 2.13. The zero-order chi connectivity index (χ0) is 18.1. The van der Waals surface area contributed by atoms with Crippen molar-refractivity contribution in [2.45, 2.75) is 0 Å². The maximum atomic E-state index is 5.42. The van der Waals surface area contributed by atoms with Crippen LogP contribution in [-0.4, -0.2) is 50.6 Å². The second-order valence-corrected chi connectivity index (χ2v) is 6.35. The molecule has 4 aromatic rings. The van der Waals surface area contributed by atoms with Gasteiger partial charge < -0.3 is 19.9 Å². The van der Waals surface area contributed by atoms with Crippen molar-refractivity contribution < 1.29 is 4.74 Å². The lowest BCUT2D eigenvalue weighted by atomic mass is 10.2. The molecule has 0 unspecified atom stereocenters. The van der Waals surface area contributed by atoms with E-state index in [1.165, 1.54) is 5.69 Å². The van der Waals surface area contributed by atoms with E-state index in [4.69, 9.17) is 4.74 Å². The first-order valence-electron chi connectivity index (χ1n) is 8.89. The number of anilines is 3. The topological polar surface area (TPSA) is 83.4 Å². The van der Waals surface area contributed by atoms with Gasteiger partial charge in [0.05, 0.1) is 43.3 Å². The monoisotopic (exact) mass is 361 g/mol. The SMILES string of the molecule is c1cn2c(-c3cnc[nH]3)cnc(Nc3ccc(N4CCOCC4)cc3)c2n1. The smallest absolute Gasteiger partial charge is 0.180 e. The first-order chi connectivity index (χ1) is 13.4. The van der Waals surface area contributed by atoms with Gasteiger partial charge in [0.15, 0.2) is 11.5 Å². The van der Waals surface area contributed by atoms with Gasteiger partial charge in [-0.05, 0) is 24.3 Å². The summed E-state index contributed by atoms with van der Waals surface area (Å²) in [6, 6.07) is 8.37. The third kappa shape index (κ3) is 3.00. The van der Waals surface area contributed by atoms with Crippen LogP contribution in [0.25, 0.3) is 17.0 Å². The summed E-state index contributed by atoms with van der Waals surface area (Å²) in [4.78, 5) is 18.6. The summed E-state index contributed by atoms with van der Waals surface area (Å²) in [5, 5.41) is 3.37. The highest BCUT2D eigenvalue weighted by molar-refractivity contribution is 5.73. The van der Waals surface area contributed by atoms with Crippen molar-refractivity contribution in [1.82, 2.24) is 24.3 Å². The quantitative estimate of drug-likeness (QED) is 0.581. The molecule has 0 bridgehead atoms. The summed E-state index contributed by atoms with van der Waals surface area (Å²) in [6.45, 7) is 3.42. The number of nitrogens with zero attached hydrogens (tertiary/aromatic N) is 5. The van der Waals surface area contributed by atoms with Crippen molar-refractivity contribution in [3.63, 3.8) is 0 Å². The molecule has 1 fully saturated rings. The normalized spacial score (nSPS) is 14.6. The van der Waals surface area contributed by atoms with Crippen molar-refractivity contribution in [3.05, 3.63) is 55.4 Å². The van der Waals surface area contributed by atoms with Gasteiger partial charge >= 0.3 is 0 Å². The minimum Gasteiger partial charge on any atom is -0.378 e. The average molecular weight is 361 g/mol. The van der Waals surface area contributed by atoms with Crippen molar-refractivity contribution >= 4 is 22.8 Å². The van der Waals surface area contributed by atoms with Crippen LogP contribution in [0.3, 0.4) is 0 Å². The molecule has 2 N–H and O–H groups in total. The molecule has 0 aliphatic carbocycles. The predicted octanol–water partition coefficient (Wildman–Crippen LogP) is 2.70. The number of rotatable bonds is 4. The van der Waals surface area contributed by atoms with E-state index in [1.807, 2.05) is 16.8 Å². The maximum Gasteiger partial charge on any atom is 0.180 e. The Hall–Kier alpha value is -3.39. The van der Waals surface area contributed by atoms with Crippen LogP contribution in [-0.2, 0) is 4.74 Å². The van der Waals surface area contributed by atoms with Crippen LogP contribution in [0, 0.1) is 0 Å². The Morgan fingerprint density at radius 2 is 1.89 bits per heavy atom. The number of aromatic nitrogens is 5. The first kappa shape index (κ1) is 15.8. The maximum absolute atomic E-state index is 5.42. The molecule has 0 radical (unpaired) electrons. The van der Waals surface area contributed by atoms with Crippen LogP contribution in [0.1, 0.15) is 0 Å². The number of H-pyrrole nitrogens is 1. The Labute approximate surface area is 155 Å². The van der Waals surface area contributed by atoms with Gasteiger partial charge in [0.1, 0.15) is 0 Å². The molecule has 0 amide bonds. The Bertz CT molecular complexity index is 1030. The number of hydrogen-bond acceptors (Lipinski definition) is 6. The van der Waals surface area contributed by atoms with Crippen LogP contribution >= 0.6 is 0 Å². The molecular weight excluding hydrogens is 342 g/mol. The largest absolute Gasteiger partial charge is 0.378 e. The van der Waals surface area contributed by atoms with E-state index in [2.05, 4.69) is 54.4 Å². The zero-order valence-electron chi connectivity index (χ0n) is 14.7. The summed E-state index contributed by atoms with van der Waals surface area (Å²) in [7, 11) is 0. The minimum absolute atomic E-state index is 0.711. The zero-order valence-corrected chi connectivity index (χ0v) is 14.7. The molecule has 27 heavy (non-hydrogen) atoms. The summed E-state index contributed by atoms with van der Waals surface area (Å²) < 4.78 is 7.41. The van der Waals surface area contributed by atoms with Gasteiger partial charge in [-0.25, -0.2) is 15.0 Å². The van der Waals surface area contributed by atoms with Crippen LogP contribution in [0.2, 0.25) is 0 Å². The van der Waals surface area contributed by atoms with E-state index in [0.717, 1.165) is 49.0 Å². The third-order valence-electron chi connectivity index (χ3n) is 4.71. The van der Waals surface area contributed by atoms with E-state index in [-0.39, 0.29) is 0 Å². The van der Waals surface area contributed by atoms with Crippen molar-refractivity contribution in [3.8, 4) is 11.4 Å². The molecule has 5 rings (SSSR count). The van der Waals surface area contributed by atoms with Crippen molar-refractivity contribution in [2.24, 2.45) is 0 Å². The van der Waals surface area contributed by atoms with Gasteiger partial charge in [0, 0.05) is 36.9 Å². The van der Waals surface area contributed by atoms with E-state index in [1.54, 1.807) is 18.7 Å². The lowest BCUT2D eigenvalue weighted by Gasteiger charge is -2.28. The number of benzene rings is 1. The molecular formula is C19H19N7O. The van der Waals surface area contributed by atoms with Gasteiger partial charge in [0.25, 0.3) is 0 Å². The number of hydrogen-bond donors (Lipinski definition) is 2. The van der Waals surface area contributed by atoms with Gasteiger partial charge in [-0.3, -0.25) is 4.40 Å². The molecule has 1 aliphatic rings. The Kier molecular flexibility index (Phi) is 3.95. The molecule has 0 atom stereocenters. The molecule has 3 aromatic heterocycles. The molecule has 0 spiro atoms. The molecule has 8 heteroatoms. The van der Waals surface area contributed by atoms with Gasteiger partial charge in [-0.2, -0.15) is 0 Å². The first-order valence-corrected chi connectivity index (χ1v) is 8.89. The number of imidazole rings is 2. The second-order valence-electron chi connectivity index (χ2n) is 6.35. The number of ether oxygens (including phenoxy) is 1. The van der Waals surface area contributed by atoms with E-state index < -0.39 is 0 Å². The standard InChI is InChI=1S/C19H19N7O/c1-3-15(25-7-9-27-10-8-25)4-2-14(1)24-18-19-21-5-6-26(19)17(12-22-18)16-11-20-13-23-16/h1-6,11-13H,7-10H2,(H,20,23)(H,22,24). The molecule has 4 heterocycles. The summed E-state index contributed by atoms with van der Waals surface area (Å²) in [6.07, 6.45) is 8.92. The van der Waals surface area contributed by atoms with E-state index in [0.29, 0.717) is 5.82 Å². The van der Waals surface area contributed by atoms with Crippen molar-refractivity contribution in [2.75, 3.05) is 36.5 Å². The summed E-state index contributed by atoms with van der Waals surface area (Å²) >= 11 is 0. The lowest BCUT2D eigenvalue weighted by Crippen LogP contribution is -2.36. The van der Waals surface area contributed by atoms with Crippen LogP contribution < -0.4 is 10.2 Å². The van der Waals surface area contributed by atoms with Crippen LogP contribution in [0.4, 0.5) is 17.2 Å². The number of fused-ring (bicyclic) bond motifs is 1. The van der Waals surface area contributed by atoms with Crippen LogP contribution in [0.5, 0.6) is 0 Å². The Morgan fingerprint density at radius 1 is 1.04 bits per heavy atom. The predicted molar refractivity (Wildman–Crippen MR) is 103 cm³/mol. The van der Waals surface area contributed by atoms with Gasteiger partial charge in [0.2, 0.25) is 0 Å². The third-order valence-corrected chi connectivity index (χ3v) is 4.71. The van der Waals surface area contributed by atoms with E-state index in [9.17, 15) is 0 Å². The van der Waals surface area contributed by atoms with Crippen LogP contribution in [0.15, 0.2) is 55.4 Å². The molecule has 1 aliphatic heterocycles. The number of nitrogens with one attached hydrogen (secondary N) is 2. The van der Waals surface area contributed by atoms with E-state index >= 15 is 0 Å². The fourth-order valence-corrected chi connectivity index (χ4v) is 3.32. The summed E-state index contributed by atoms with van der Waals surface area (Å²) in [5.74, 6) is 0.711. The Morgan fingerprint density at radius 3 is 2.67 bits per heavy atom. The lowest BCUT2D eigenvalue weighted by molar-refractivity contribution is 0.122. The molecule has 8 nitrogen and oxygen atoms in total. The Balaban J connectivity index is 1.42. The molecule has 136 valence electrons. The fourth-order valence-electron chi connectivity index (χ4n) is 3.32. The highest BCUT2D eigenvalue weighted by atomic mass is 16.5. The molecule has 1 aromatic carbocycles. The number of morpholine rings is 1. The minimum atomic E-state index is 0.711. The van der Waals surface area contributed by atoms with Crippen molar-refractivity contribution in [1.29, 1.82) is 0 Å². The highest BCUT2D eigenvalue weighted by Crippen LogP contribution is 2.25. The second kappa shape index (κ2) is 6.73. The number of aromatic amines is 1. The molecule has 1 saturated heterocycles. The summed E-state index contributed by atoms with van der Waals surface area (Å²) in [5.41, 5.74) is 4.75. The van der Waals surface area contributed by atoms with Gasteiger partial charge in [-0.1, -0.05) is 0 Å². The van der Waals surface area contributed by atoms with Gasteiger partial charge in [-0.15, -0.1) is 0 Å². The fraction of sp³-hybridized carbons (Fsp3) is 0.211.